The first-order valence-corrected chi connectivity index (χ1v) is 4.33. The van der Waals surface area contributed by atoms with Gasteiger partial charge in [-0.3, -0.25) is 0 Å². The SMILES string of the molecule is CC.CCC(C)C(C)CO. The molecule has 0 aromatic carbocycles. The second-order valence-electron chi connectivity index (χ2n) is 2.55. The van der Waals surface area contributed by atoms with Crippen LogP contribution in [0.25, 0.3) is 0 Å². The molecular formula is C9H22O. The van der Waals surface area contributed by atoms with Crippen molar-refractivity contribution in [1.29, 1.82) is 0 Å². The Kier molecular flexibility index (Phi) is 11.3. The highest BCUT2D eigenvalue weighted by Gasteiger charge is 2.06. The van der Waals surface area contributed by atoms with Crippen LogP contribution in [0.2, 0.25) is 0 Å². The van der Waals surface area contributed by atoms with Crippen LogP contribution in [0.5, 0.6) is 0 Å². The van der Waals surface area contributed by atoms with Crippen molar-refractivity contribution in [3.8, 4) is 0 Å². The Bertz CT molecular complexity index is 44.7. The summed E-state index contributed by atoms with van der Waals surface area (Å²) in [5.74, 6) is 1.14. The third-order valence-corrected chi connectivity index (χ3v) is 1.90. The highest BCUT2D eigenvalue weighted by Crippen LogP contribution is 2.12. The van der Waals surface area contributed by atoms with Crippen molar-refractivity contribution in [1.82, 2.24) is 0 Å². The highest BCUT2D eigenvalue weighted by molar-refractivity contribution is 4.56. The summed E-state index contributed by atoms with van der Waals surface area (Å²) < 4.78 is 0. The number of aliphatic hydroxyl groups excluding tert-OH is 1. The topological polar surface area (TPSA) is 20.2 Å². The van der Waals surface area contributed by atoms with E-state index in [9.17, 15) is 0 Å². The Morgan fingerprint density at radius 1 is 1.10 bits per heavy atom. The molecule has 0 radical (unpaired) electrons. The second kappa shape index (κ2) is 8.96. The van der Waals surface area contributed by atoms with E-state index in [0.717, 1.165) is 0 Å². The van der Waals surface area contributed by atoms with Gasteiger partial charge in [0.25, 0.3) is 0 Å². The van der Waals surface area contributed by atoms with Crippen LogP contribution in [0, 0.1) is 11.8 Å². The summed E-state index contributed by atoms with van der Waals surface area (Å²) in [6.07, 6.45) is 1.17. The summed E-state index contributed by atoms with van der Waals surface area (Å²) in [5, 5.41) is 8.64. The fourth-order valence-corrected chi connectivity index (χ4v) is 0.582. The van der Waals surface area contributed by atoms with E-state index in [1.54, 1.807) is 0 Å². The molecule has 0 bridgehead atoms. The molecule has 0 heterocycles. The quantitative estimate of drug-likeness (QED) is 0.649. The van der Waals surface area contributed by atoms with Crippen LogP contribution in [-0.4, -0.2) is 11.7 Å². The van der Waals surface area contributed by atoms with Crippen molar-refractivity contribution in [2.75, 3.05) is 6.61 Å². The molecule has 0 aliphatic rings. The number of hydrogen-bond acceptors (Lipinski definition) is 1. The van der Waals surface area contributed by atoms with Crippen LogP contribution in [0.3, 0.4) is 0 Å². The molecule has 0 aliphatic carbocycles. The van der Waals surface area contributed by atoms with Crippen molar-refractivity contribution in [2.24, 2.45) is 11.8 Å². The van der Waals surface area contributed by atoms with E-state index in [0.29, 0.717) is 18.4 Å². The Balaban J connectivity index is 0. The first-order chi connectivity index (χ1) is 4.72. The number of aliphatic hydroxyl groups is 1. The molecule has 1 N–H and O–H groups in total. The van der Waals surface area contributed by atoms with Crippen LogP contribution in [0.4, 0.5) is 0 Å². The average Bonchev–Trinajstić information content (AvgIpc) is 2.05. The van der Waals surface area contributed by atoms with Gasteiger partial charge in [0.1, 0.15) is 0 Å². The van der Waals surface area contributed by atoms with E-state index in [2.05, 4.69) is 20.8 Å². The van der Waals surface area contributed by atoms with E-state index in [-0.39, 0.29) is 0 Å². The maximum absolute atomic E-state index is 8.64. The molecule has 0 rings (SSSR count). The molecule has 1 nitrogen and oxygen atoms in total. The Hall–Kier alpha value is -0.0400. The molecule has 0 spiro atoms. The molecule has 1 heteroatoms. The summed E-state index contributed by atoms with van der Waals surface area (Å²) in [5.41, 5.74) is 0. The maximum atomic E-state index is 8.64. The molecule has 0 amide bonds. The summed E-state index contributed by atoms with van der Waals surface area (Å²) in [4.78, 5) is 0. The lowest BCUT2D eigenvalue weighted by atomic mass is 9.95. The fourth-order valence-electron chi connectivity index (χ4n) is 0.582. The molecule has 0 saturated heterocycles. The summed E-state index contributed by atoms with van der Waals surface area (Å²) in [7, 11) is 0. The van der Waals surface area contributed by atoms with Crippen LogP contribution in [0.15, 0.2) is 0 Å². The smallest absolute Gasteiger partial charge is 0.0459 e. The highest BCUT2D eigenvalue weighted by atomic mass is 16.3. The van der Waals surface area contributed by atoms with Crippen LogP contribution in [-0.2, 0) is 0 Å². The molecule has 2 unspecified atom stereocenters. The Morgan fingerprint density at radius 3 is 1.60 bits per heavy atom. The van der Waals surface area contributed by atoms with Crippen LogP contribution >= 0.6 is 0 Å². The second-order valence-corrected chi connectivity index (χ2v) is 2.55. The molecule has 0 fully saturated rings. The van der Waals surface area contributed by atoms with Crippen molar-refractivity contribution >= 4 is 0 Å². The molecular weight excluding hydrogens is 124 g/mol. The molecule has 0 aromatic rings. The van der Waals surface area contributed by atoms with Gasteiger partial charge < -0.3 is 5.11 Å². The first kappa shape index (κ1) is 12.6. The minimum atomic E-state index is 0.328. The van der Waals surface area contributed by atoms with Crippen molar-refractivity contribution < 1.29 is 5.11 Å². The summed E-state index contributed by atoms with van der Waals surface area (Å²) in [6, 6.07) is 0. The summed E-state index contributed by atoms with van der Waals surface area (Å²) in [6.45, 7) is 10.7. The molecule has 64 valence electrons. The lowest BCUT2D eigenvalue weighted by Gasteiger charge is -2.13. The lowest BCUT2D eigenvalue weighted by molar-refractivity contribution is 0.193. The average molecular weight is 146 g/mol. The third-order valence-electron chi connectivity index (χ3n) is 1.90. The zero-order valence-electron chi connectivity index (χ0n) is 8.02. The standard InChI is InChI=1S/C7H16O.C2H6/c1-4-6(2)7(3)5-8;1-2/h6-8H,4-5H2,1-3H3;1-2H3. The molecule has 10 heavy (non-hydrogen) atoms. The van der Waals surface area contributed by atoms with Gasteiger partial charge in [-0.15, -0.1) is 0 Å². The maximum Gasteiger partial charge on any atom is 0.0459 e. The van der Waals surface area contributed by atoms with E-state index in [1.807, 2.05) is 13.8 Å². The van der Waals surface area contributed by atoms with Gasteiger partial charge in [0, 0.05) is 6.61 Å². The minimum absolute atomic E-state index is 0.328. The van der Waals surface area contributed by atoms with Crippen molar-refractivity contribution in [3.63, 3.8) is 0 Å². The molecule has 0 aliphatic heterocycles. The Labute approximate surface area is 65.5 Å². The fraction of sp³-hybridized carbons (Fsp3) is 1.00. The zero-order valence-corrected chi connectivity index (χ0v) is 8.02. The van der Waals surface area contributed by atoms with Crippen molar-refractivity contribution in [2.45, 2.75) is 41.0 Å². The van der Waals surface area contributed by atoms with Gasteiger partial charge >= 0.3 is 0 Å². The zero-order chi connectivity index (χ0) is 8.57. The molecule has 2 atom stereocenters. The van der Waals surface area contributed by atoms with E-state index < -0.39 is 0 Å². The van der Waals surface area contributed by atoms with Crippen LogP contribution in [0.1, 0.15) is 41.0 Å². The summed E-state index contributed by atoms with van der Waals surface area (Å²) >= 11 is 0. The van der Waals surface area contributed by atoms with Crippen LogP contribution < -0.4 is 0 Å². The first-order valence-electron chi connectivity index (χ1n) is 4.33. The van der Waals surface area contributed by atoms with Gasteiger partial charge in [0.2, 0.25) is 0 Å². The molecule has 0 saturated carbocycles. The largest absolute Gasteiger partial charge is 0.396 e. The predicted octanol–water partition coefficient (Wildman–Crippen LogP) is 2.69. The number of hydrogen-bond donors (Lipinski definition) is 1. The third kappa shape index (κ3) is 6.09. The van der Waals surface area contributed by atoms with E-state index >= 15 is 0 Å². The predicted molar refractivity (Wildman–Crippen MR) is 47.1 cm³/mol. The Morgan fingerprint density at radius 2 is 1.50 bits per heavy atom. The van der Waals surface area contributed by atoms with Crippen molar-refractivity contribution in [3.05, 3.63) is 0 Å². The van der Waals surface area contributed by atoms with Gasteiger partial charge in [0.15, 0.2) is 0 Å². The molecule has 0 aromatic heterocycles. The normalized spacial score (nSPS) is 15.0. The van der Waals surface area contributed by atoms with Gasteiger partial charge in [-0.1, -0.05) is 41.0 Å². The monoisotopic (exact) mass is 146 g/mol. The van der Waals surface area contributed by atoms with Gasteiger partial charge in [-0.05, 0) is 11.8 Å². The van der Waals surface area contributed by atoms with Gasteiger partial charge in [-0.25, -0.2) is 0 Å². The van der Waals surface area contributed by atoms with Gasteiger partial charge in [-0.2, -0.15) is 0 Å². The lowest BCUT2D eigenvalue weighted by Crippen LogP contribution is -2.10. The van der Waals surface area contributed by atoms with E-state index in [1.165, 1.54) is 6.42 Å². The number of rotatable bonds is 3. The van der Waals surface area contributed by atoms with Gasteiger partial charge in [0.05, 0.1) is 0 Å². The minimum Gasteiger partial charge on any atom is -0.396 e. The van der Waals surface area contributed by atoms with E-state index in [4.69, 9.17) is 5.11 Å².